The first-order chi connectivity index (χ1) is 6.70. The molecule has 0 saturated carbocycles. The average molecular weight is 214 g/mol. The van der Waals surface area contributed by atoms with Crippen LogP contribution in [0.3, 0.4) is 0 Å². The van der Waals surface area contributed by atoms with Crippen molar-refractivity contribution in [3.8, 4) is 0 Å². The molecule has 14 heavy (non-hydrogen) atoms. The Labute approximate surface area is 89.6 Å². The van der Waals surface area contributed by atoms with Crippen LogP contribution in [0.1, 0.15) is 26.7 Å². The molecule has 1 N–H and O–H groups in total. The van der Waals surface area contributed by atoms with Crippen molar-refractivity contribution in [2.45, 2.75) is 44.9 Å². The molecule has 3 unspecified atom stereocenters. The Morgan fingerprint density at radius 3 is 2.79 bits per heavy atom. The molecule has 0 aliphatic carbocycles. The van der Waals surface area contributed by atoms with Gasteiger partial charge in [0.1, 0.15) is 0 Å². The standard InChI is InChI=1S/C10H18N2OS/c1-7-10(13)12(8(2)11-7)9-4-3-5-14-6-9/h7-9,11H,3-6H2,1-2H3. The highest BCUT2D eigenvalue weighted by molar-refractivity contribution is 7.99. The lowest BCUT2D eigenvalue weighted by molar-refractivity contribution is -0.131. The van der Waals surface area contributed by atoms with Crippen molar-refractivity contribution in [1.29, 1.82) is 0 Å². The van der Waals surface area contributed by atoms with E-state index in [0.29, 0.717) is 6.04 Å². The Hall–Kier alpha value is -0.220. The zero-order valence-corrected chi connectivity index (χ0v) is 9.64. The van der Waals surface area contributed by atoms with Crippen LogP contribution in [0.4, 0.5) is 0 Å². The van der Waals surface area contributed by atoms with E-state index in [9.17, 15) is 4.79 Å². The third kappa shape index (κ3) is 1.77. The number of thioether (sulfide) groups is 1. The number of rotatable bonds is 1. The summed E-state index contributed by atoms with van der Waals surface area (Å²) < 4.78 is 0. The minimum atomic E-state index is 0.0110. The van der Waals surface area contributed by atoms with Gasteiger partial charge in [0.05, 0.1) is 12.2 Å². The first-order valence-corrected chi connectivity index (χ1v) is 6.51. The molecule has 0 bridgehead atoms. The maximum atomic E-state index is 11.9. The van der Waals surface area contributed by atoms with E-state index in [1.54, 1.807) is 0 Å². The topological polar surface area (TPSA) is 32.3 Å². The minimum Gasteiger partial charge on any atom is -0.322 e. The van der Waals surface area contributed by atoms with Gasteiger partial charge in [-0.15, -0.1) is 0 Å². The summed E-state index contributed by atoms with van der Waals surface area (Å²) in [4.78, 5) is 13.9. The van der Waals surface area contributed by atoms with Crippen LogP contribution < -0.4 is 5.32 Å². The van der Waals surface area contributed by atoms with Crippen molar-refractivity contribution in [1.82, 2.24) is 10.2 Å². The molecular formula is C10H18N2OS. The van der Waals surface area contributed by atoms with Crippen LogP contribution in [0.2, 0.25) is 0 Å². The number of amides is 1. The molecule has 0 aromatic carbocycles. The fourth-order valence-electron chi connectivity index (χ4n) is 2.37. The van der Waals surface area contributed by atoms with Gasteiger partial charge >= 0.3 is 0 Å². The van der Waals surface area contributed by atoms with E-state index in [4.69, 9.17) is 0 Å². The molecule has 0 radical (unpaired) electrons. The summed E-state index contributed by atoms with van der Waals surface area (Å²) in [5.74, 6) is 2.66. The molecule has 2 aliphatic rings. The van der Waals surface area contributed by atoms with Crippen molar-refractivity contribution in [3.05, 3.63) is 0 Å². The summed E-state index contributed by atoms with van der Waals surface area (Å²) in [7, 11) is 0. The monoisotopic (exact) mass is 214 g/mol. The smallest absolute Gasteiger partial charge is 0.240 e. The molecule has 2 fully saturated rings. The number of hydrogen-bond acceptors (Lipinski definition) is 3. The summed E-state index contributed by atoms with van der Waals surface area (Å²) >= 11 is 1.97. The van der Waals surface area contributed by atoms with E-state index in [0.717, 1.165) is 5.75 Å². The Morgan fingerprint density at radius 2 is 2.29 bits per heavy atom. The normalized spacial score (nSPS) is 39.1. The van der Waals surface area contributed by atoms with Crippen LogP contribution in [-0.4, -0.2) is 40.6 Å². The lowest BCUT2D eigenvalue weighted by atomic mass is 10.1. The van der Waals surface area contributed by atoms with E-state index in [1.165, 1.54) is 18.6 Å². The van der Waals surface area contributed by atoms with Gasteiger partial charge in [0.15, 0.2) is 0 Å². The van der Waals surface area contributed by atoms with Gasteiger partial charge in [-0.1, -0.05) is 0 Å². The van der Waals surface area contributed by atoms with Gasteiger partial charge in [0, 0.05) is 11.8 Å². The van der Waals surface area contributed by atoms with Crippen LogP contribution in [-0.2, 0) is 4.79 Å². The molecular weight excluding hydrogens is 196 g/mol. The maximum Gasteiger partial charge on any atom is 0.240 e. The predicted molar refractivity (Wildman–Crippen MR) is 59.3 cm³/mol. The second-order valence-electron chi connectivity index (χ2n) is 4.18. The zero-order chi connectivity index (χ0) is 10.1. The highest BCUT2D eigenvalue weighted by atomic mass is 32.2. The molecule has 2 saturated heterocycles. The van der Waals surface area contributed by atoms with E-state index >= 15 is 0 Å². The van der Waals surface area contributed by atoms with Gasteiger partial charge in [-0.25, -0.2) is 0 Å². The van der Waals surface area contributed by atoms with Crippen LogP contribution in [0, 0.1) is 0 Å². The molecule has 0 aromatic heterocycles. The number of nitrogens with one attached hydrogen (secondary N) is 1. The molecule has 2 heterocycles. The second kappa shape index (κ2) is 4.11. The van der Waals surface area contributed by atoms with Gasteiger partial charge in [-0.05, 0) is 32.4 Å². The van der Waals surface area contributed by atoms with Crippen LogP contribution in [0.15, 0.2) is 0 Å². The van der Waals surface area contributed by atoms with Crippen LogP contribution in [0.25, 0.3) is 0 Å². The van der Waals surface area contributed by atoms with Crippen molar-refractivity contribution >= 4 is 17.7 Å². The van der Waals surface area contributed by atoms with E-state index in [2.05, 4.69) is 17.1 Å². The fraction of sp³-hybridized carbons (Fsp3) is 0.900. The predicted octanol–water partition coefficient (Wildman–Crippen LogP) is 1.05. The van der Waals surface area contributed by atoms with Crippen molar-refractivity contribution in [2.75, 3.05) is 11.5 Å². The van der Waals surface area contributed by atoms with Gasteiger partial charge in [-0.3, -0.25) is 10.1 Å². The SMILES string of the molecule is CC1NC(C)N(C2CCCSC2)C1=O. The van der Waals surface area contributed by atoms with Crippen LogP contribution in [0.5, 0.6) is 0 Å². The molecule has 4 heteroatoms. The summed E-state index contributed by atoms with van der Waals surface area (Å²) in [6, 6.07) is 0.477. The molecule has 0 aromatic rings. The number of carbonyl (C=O) groups excluding carboxylic acids is 1. The van der Waals surface area contributed by atoms with Gasteiger partial charge in [0.2, 0.25) is 5.91 Å². The maximum absolute atomic E-state index is 11.9. The van der Waals surface area contributed by atoms with Gasteiger partial charge in [-0.2, -0.15) is 11.8 Å². The Kier molecular flexibility index (Phi) is 3.02. The third-order valence-corrected chi connectivity index (χ3v) is 4.26. The number of nitrogens with zero attached hydrogens (tertiary/aromatic N) is 1. The summed E-state index contributed by atoms with van der Waals surface area (Å²) in [6.07, 6.45) is 2.65. The lowest BCUT2D eigenvalue weighted by Crippen LogP contribution is -2.45. The average Bonchev–Trinajstić information content (AvgIpc) is 2.43. The molecule has 2 aliphatic heterocycles. The first kappa shape index (κ1) is 10.3. The fourth-order valence-corrected chi connectivity index (χ4v) is 3.50. The third-order valence-electron chi connectivity index (χ3n) is 3.06. The van der Waals surface area contributed by atoms with Crippen molar-refractivity contribution < 1.29 is 4.79 Å². The largest absolute Gasteiger partial charge is 0.322 e. The minimum absolute atomic E-state index is 0.0110. The summed E-state index contributed by atoms with van der Waals surface area (Å²) in [6.45, 7) is 4.04. The van der Waals surface area contributed by atoms with Crippen molar-refractivity contribution in [3.63, 3.8) is 0 Å². The molecule has 3 atom stereocenters. The Balaban J connectivity index is 2.04. The lowest BCUT2D eigenvalue weighted by Gasteiger charge is -2.33. The number of carbonyl (C=O) groups is 1. The van der Waals surface area contributed by atoms with E-state index in [-0.39, 0.29) is 18.1 Å². The molecule has 1 amide bonds. The quantitative estimate of drug-likeness (QED) is 0.708. The highest BCUT2D eigenvalue weighted by Gasteiger charge is 2.38. The molecule has 3 nitrogen and oxygen atoms in total. The zero-order valence-electron chi connectivity index (χ0n) is 8.82. The first-order valence-electron chi connectivity index (χ1n) is 5.36. The second-order valence-corrected chi connectivity index (χ2v) is 5.33. The van der Waals surface area contributed by atoms with E-state index in [1.807, 2.05) is 18.7 Å². The summed E-state index contributed by atoms with van der Waals surface area (Å²) in [5.41, 5.74) is 0. The van der Waals surface area contributed by atoms with Gasteiger partial charge < -0.3 is 4.90 Å². The number of hydrogen-bond donors (Lipinski definition) is 1. The molecule has 80 valence electrons. The summed E-state index contributed by atoms with van der Waals surface area (Å²) in [5, 5.41) is 3.28. The van der Waals surface area contributed by atoms with Crippen LogP contribution >= 0.6 is 11.8 Å². The Morgan fingerprint density at radius 1 is 1.50 bits per heavy atom. The van der Waals surface area contributed by atoms with Crippen molar-refractivity contribution in [2.24, 2.45) is 0 Å². The molecule has 0 spiro atoms. The van der Waals surface area contributed by atoms with Gasteiger partial charge in [0.25, 0.3) is 0 Å². The Bertz CT molecular complexity index is 228. The van der Waals surface area contributed by atoms with E-state index < -0.39 is 0 Å². The highest BCUT2D eigenvalue weighted by Crippen LogP contribution is 2.25. The molecule has 2 rings (SSSR count).